The fourth-order valence-electron chi connectivity index (χ4n) is 0.945. The van der Waals surface area contributed by atoms with Gasteiger partial charge >= 0.3 is 12.1 Å². The van der Waals surface area contributed by atoms with E-state index >= 15 is 0 Å². The van der Waals surface area contributed by atoms with Crippen molar-refractivity contribution in [3.8, 4) is 0 Å². The van der Waals surface area contributed by atoms with E-state index in [1.54, 1.807) is 0 Å². The van der Waals surface area contributed by atoms with Crippen LogP contribution in [0.2, 0.25) is 0 Å². The smallest absolute Gasteiger partial charge is 0.398 e. The molecule has 0 heterocycles. The highest BCUT2D eigenvalue weighted by Gasteiger charge is 2.39. The average molecular weight is 232 g/mol. The van der Waals surface area contributed by atoms with Crippen LogP contribution in [0.5, 0.6) is 0 Å². The van der Waals surface area contributed by atoms with Gasteiger partial charge in [-0.05, 0) is 12.1 Å². The molecule has 3 N–H and O–H groups in total. The van der Waals surface area contributed by atoms with Gasteiger partial charge in [0, 0.05) is 5.69 Å². The molecule has 0 bridgehead atoms. The molecule has 0 saturated heterocycles. The first-order valence-electron chi connectivity index (χ1n) is 4.09. The predicted octanol–water partition coefficient (Wildman–Crippen LogP) is 1.09. The van der Waals surface area contributed by atoms with Crippen molar-refractivity contribution in [2.24, 2.45) is 0 Å². The summed E-state index contributed by atoms with van der Waals surface area (Å²) in [5.74, 6) is -3.50. The monoisotopic (exact) mass is 232 g/mol. The van der Waals surface area contributed by atoms with E-state index in [9.17, 15) is 22.8 Å². The van der Waals surface area contributed by atoms with Gasteiger partial charge in [-0.25, -0.2) is 0 Å². The zero-order chi connectivity index (χ0) is 12.3. The molecule has 1 aromatic carbocycles. The maximum absolute atomic E-state index is 11.8. The molecular weight excluding hydrogens is 225 g/mol. The van der Waals surface area contributed by atoms with Crippen LogP contribution in [0.15, 0.2) is 24.3 Å². The lowest BCUT2D eigenvalue weighted by molar-refractivity contribution is -0.172. The van der Waals surface area contributed by atoms with E-state index in [-0.39, 0.29) is 11.3 Å². The Balaban J connectivity index is 2.82. The Kier molecular flexibility index (Phi) is 3.17. The van der Waals surface area contributed by atoms with Crippen LogP contribution in [-0.2, 0) is 4.79 Å². The topological polar surface area (TPSA) is 72.2 Å². The number of nitrogens with two attached hydrogens (primary N) is 1. The summed E-state index contributed by atoms with van der Waals surface area (Å²) in [4.78, 5) is 21.7. The molecule has 0 spiro atoms. The van der Waals surface area contributed by atoms with E-state index in [1.807, 2.05) is 0 Å². The Bertz CT molecular complexity index is 429. The maximum Gasteiger partial charge on any atom is 0.471 e. The van der Waals surface area contributed by atoms with Crippen molar-refractivity contribution < 1.29 is 22.8 Å². The van der Waals surface area contributed by atoms with Crippen LogP contribution < -0.4 is 11.1 Å². The van der Waals surface area contributed by atoms with Crippen molar-refractivity contribution in [3.05, 3.63) is 29.8 Å². The number of carbonyl (C=O) groups is 2. The molecule has 86 valence electrons. The lowest BCUT2D eigenvalue weighted by atomic mass is 10.1. The molecule has 0 aliphatic carbocycles. The summed E-state index contributed by atoms with van der Waals surface area (Å²) >= 11 is 0. The Labute approximate surface area is 88.2 Å². The molecule has 0 fully saturated rings. The van der Waals surface area contributed by atoms with E-state index in [0.29, 0.717) is 0 Å². The first-order chi connectivity index (χ1) is 7.32. The zero-order valence-electron chi connectivity index (χ0n) is 7.84. The van der Waals surface area contributed by atoms with Gasteiger partial charge in [-0.1, -0.05) is 12.1 Å². The number of anilines is 1. The van der Waals surface area contributed by atoms with Crippen LogP contribution in [0, 0.1) is 0 Å². The second kappa shape index (κ2) is 4.21. The summed E-state index contributed by atoms with van der Waals surface area (Å²) in [6.07, 6.45) is -5.10. The third kappa shape index (κ3) is 2.72. The summed E-state index contributed by atoms with van der Waals surface area (Å²) in [5.41, 5.74) is 5.17. The summed E-state index contributed by atoms with van der Waals surface area (Å²) < 4.78 is 35.5. The van der Waals surface area contributed by atoms with Crippen molar-refractivity contribution in [1.29, 1.82) is 0 Å². The van der Waals surface area contributed by atoms with Crippen LogP contribution in [0.1, 0.15) is 10.4 Å². The number of hydrogen-bond donors (Lipinski definition) is 2. The van der Waals surface area contributed by atoms with Crippen LogP contribution >= 0.6 is 0 Å². The Hall–Kier alpha value is -2.05. The van der Waals surface area contributed by atoms with E-state index in [1.165, 1.54) is 29.6 Å². The third-order valence-corrected chi connectivity index (χ3v) is 1.69. The molecular formula is C9H7F3N2O2. The Morgan fingerprint density at radius 1 is 1.19 bits per heavy atom. The molecule has 1 aromatic rings. The highest BCUT2D eigenvalue weighted by Crippen LogP contribution is 2.15. The molecule has 2 amide bonds. The van der Waals surface area contributed by atoms with Gasteiger partial charge in [0.05, 0.1) is 5.56 Å². The normalized spacial score (nSPS) is 10.9. The van der Waals surface area contributed by atoms with Gasteiger partial charge in [0.1, 0.15) is 0 Å². The summed E-state index contributed by atoms with van der Waals surface area (Å²) in [7, 11) is 0. The van der Waals surface area contributed by atoms with E-state index in [4.69, 9.17) is 5.73 Å². The molecule has 4 nitrogen and oxygen atoms in total. The number of halogens is 3. The Morgan fingerprint density at radius 3 is 2.25 bits per heavy atom. The third-order valence-electron chi connectivity index (χ3n) is 1.69. The number of nitrogens with one attached hydrogen (secondary N) is 1. The zero-order valence-corrected chi connectivity index (χ0v) is 7.84. The second-order valence-corrected chi connectivity index (χ2v) is 2.87. The largest absolute Gasteiger partial charge is 0.471 e. The van der Waals surface area contributed by atoms with Gasteiger partial charge in [-0.2, -0.15) is 13.2 Å². The average Bonchev–Trinajstić information content (AvgIpc) is 2.16. The minimum Gasteiger partial charge on any atom is -0.398 e. The fourth-order valence-corrected chi connectivity index (χ4v) is 0.945. The van der Waals surface area contributed by atoms with Gasteiger partial charge in [-0.3, -0.25) is 14.9 Å². The molecule has 0 aliphatic rings. The van der Waals surface area contributed by atoms with Gasteiger partial charge in [0.25, 0.3) is 5.91 Å². The molecule has 0 radical (unpaired) electrons. The molecule has 0 atom stereocenters. The van der Waals surface area contributed by atoms with Crippen LogP contribution in [0.25, 0.3) is 0 Å². The molecule has 0 unspecified atom stereocenters. The lowest BCUT2D eigenvalue weighted by Gasteiger charge is -2.07. The standard InChI is InChI=1S/C9H7F3N2O2/c10-9(11,12)8(16)14-7(15)5-3-1-2-4-6(5)13/h1-4H,13H2,(H,14,15,16). The van der Waals surface area contributed by atoms with Crippen LogP contribution in [0.3, 0.4) is 0 Å². The fraction of sp³-hybridized carbons (Fsp3) is 0.111. The minimum absolute atomic E-state index is 0.00465. The lowest BCUT2D eigenvalue weighted by Crippen LogP contribution is -2.40. The predicted molar refractivity (Wildman–Crippen MR) is 49.4 cm³/mol. The quantitative estimate of drug-likeness (QED) is 0.712. The number of para-hydroxylation sites is 1. The number of rotatable bonds is 1. The van der Waals surface area contributed by atoms with Crippen molar-refractivity contribution in [1.82, 2.24) is 5.32 Å². The number of benzene rings is 1. The summed E-state index contributed by atoms with van der Waals surface area (Å²) in [5, 5.41) is 1.19. The van der Waals surface area contributed by atoms with Gasteiger partial charge in [0.2, 0.25) is 0 Å². The van der Waals surface area contributed by atoms with Crippen molar-refractivity contribution in [2.75, 3.05) is 5.73 Å². The maximum atomic E-state index is 11.8. The van der Waals surface area contributed by atoms with Gasteiger partial charge < -0.3 is 5.73 Å². The highest BCUT2D eigenvalue weighted by atomic mass is 19.4. The molecule has 1 rings (SSSR count). The second-order valence-electron chi connectivity index (χ2n) is 2.87. The number of imide groups is 1. The Morgan fingerprint density at radius 2 is 1.75 bits per heavy atom. The first-order valence-corrected chi connectivity index (χ1v) is 4.09. The van der Waals surface area contributed by atoms with E-state index in [0.717, 1.165) is 0 Å². The summed E-state index contributed by atoms with van der Waals surface area (Å²) in [6, 6.07) is 5.49. The molecule has 0 saturated carbocycles. The SMILES string of the molecule is Nc1ccccc1C(=O)NC(=O)C(F)(F)F. The number of nitrogen functional groups attached to an aromatic ring is 1. The molecule has 0 aliphatic heterocycles. The molecule has 0 aromatic heterocycles. The van der Waals surface area contributed by atoms with Crippen LogP contribution in [-0.4, -0.2) is 18.0 Å². The molecule has 16 heavy (non-hydrogen) atoms. The van der Waals surface area contributed by atoms with Crippen LogP contribution in [0.4, 0.5) is 18.9 Å². The molecule has 7 heteroatoms. The van der Waals surface area contributed by atoms with E-state index in [2.05, 4.69) is 0 Å². The van der Waals surface area contributed by atoms with Crippen molar-refractivity contribution in [3.63, 3.8) is 0 Å². The number of alkyl halides is 3. The van der Waals surface area contributed by atoms with E-state index < -0.39 is 18.0 Å². The first kappa shape index (κ1) is 12.0. The summed E-state index contributed by atoms with van der Waals surface area (Å²) in [6.45, 7) is 0. The van der Waals surface area contributed by atoms with Crippen molar-refractivity contribution in [2.45, 2.75) is 6.18 Å². The van der Waals surface area contributed by atoms with Crippen molar-refractivity contribution >= 4 is 17.5 Å². The number of hydrogen-bond acceptors (Lipinski definition) is 3. The highest BCUT2D eigenvalue weighted by molar-refractivity contribution is 6.08. The van der Waals surface area contributed by atoms with Gasteiger partial charge in [-0.15, -0.1) is 0 Å². The number of carbonyl (C=O) groups excluding carboxylic acids is 2. The van der Waals surface area contributed by atoms with Gasteiger partial charge in [0.15, 0.2) is 0 Å². The number of amides is 2. The minimum atomic E-state index is -5.10.